The molecule has 1 aliphatic carbocycles. The van der Waals surface area contributed by atoms with Crippen LogP contribution in [0, 0.1) is 0 Å². The van der Waals surface area contributed by atoms with Gasteiger partial charge in [0.25, 0.3) is 0 Å². The molecule has 19 heavy (non-hydrogen) atoms. The van der Waals surface area contributed by atoms with Gasteiger partial charge in [0, 0.05) is 0 Å². The van der Waals surface area contributed by atoms with E-state index in [9.17, 15) is 9.90 Å². The number of aromatic nitrogens is 2. The van der Waals surface area contributed by atoms with Crippen LogP contribution >= 0.6 is 0 Å². The molecule has 0 fully saturated rings. The summed E-state index contributed by atoms with van der Waals surface area (Å²) in [5.41, 5.74) is 2.81. The Bertz CT molecular complexity index is 618. The molecule has 4 heteroatoms. The zero-order valence-electron chi connectivity index (χ0n) is 10.8. The highest BCUT2D eigenvalue weighted by Gasteiger charge is 2.27. The molecule has 0 radical (unpaired) electrons. The summed E-state index contributed by atoms with van der Waals surface area (Å²) in [7, 11) is 0. The second-order valence-corrected chi connectivity index (χ2v) is 5.11. The van der Waals surface area contributed by atoms with Gasteiger partial charge >= 0.3 is 5.97 Å². The fourth-order valence-electron chi connectivity index (χ4n) is 2.99. The largest absolute Gasteiger partial charge is 0.477 e. The third-order valence-electron chi connectivity index (χ3n) is 3.98. The summed E-state index contributed by atoms with van der Waals surface area (Å²) in [5, 5.41) is 9.22. The van der Waals surface area contributed by atoms with Crippen molar-refractivity contribution in [2.45, 2.75) is 31.7 Å². The maximum atomic E-state index is 11.2. The smallest absolute Gasteiger partial charge is 0.354 e. The summed E-state index contributed by atoms with van der Waals surface area (Å²) in [6.45, 7) is 2.22. The van der Waals surface area contributed by atoms with E-state index in [2.05, 4.69) is 24.0 Å². The van der Waals surface area contributed by atoms with Crippen LogP contribution in [-0.4, -0.2) is 20.6 Å². The first kappa shape index (κ1) is 12.0. The summed E-state index contributed by atoms with van der Waals surface area (Å²) < 4.78 is 1.78. The summed E-state index contributed by atoms with van der Waals surface area (Å²) in [6, 6.07) is 8.39. The molecule has 2 unspecified atom stereocenters. The van der Waals surface area contributed by atoms with Crippen molar-refractivity contribution in [3.8, 4) is 0 Å². The van der Waals surface area contributed by atoms with Crippen molar-refractivity contribution >= 4 is 5.97 Å². The van der Waals surface area contributed by atoms with Crippen LogP contribution in [0.1, 0.15) is 53.3 Å². The zero-order chi connectivity index (χ0) is 13.4. The van der Waals surface area contributed by atoms with Crippen LogP contribution in [0.5, 0.6) is 0 Å². The lowest BCUT2D eigenvalue weighted by atomic mass is 9.81. The Labute approximate surface area is 111 Å². The molecule has 0 amide bonds. The van der Waals surface area contributed by atoms with Crippen LogP contribution in [0.15, 0.2) is 36.8 Å². The standard InChI is InChI=1S/C15H16N2O2/c1-10-6-7-13(12-5-3-2-4-11(10)12)17-9-16-8-14(17)15(18)19/h2-5,8-10,13H,6-7H2,1H3,(H,18,19). The van der Waals surface area contributed by atoms with Gasteiger partial charge in [0.2, 0.25) is 0 Å². The maximum Gasteiger partial charge on any atom is 0.354 e. The molecule has 1 aromatic carbocycles. The molecule has 0 saturated carbocycles. The second-order valence-electron chi connectivity index (χ2n) is 5.11. The van der Waals surface area contributed by atoms with Gasteiger partial charge in [-0.25, -0.2) is 9.78 Å². The van der Waals surface area contributed by atoms with E-state index in [1.165, 1.54) is 17.3 Å². The normalized spacial score (nSPS) is 21.9. The number of carboxylic acid groups (broad SMARTS) is 1. The van der Waals surface area contributed by atoms with Gasteiger partial charge in [-0.1, -0.05) is 31.2 Å². The van der Waals surface area contributed by atoms with E-state index in [1.54, 1.807) is 10.9 Å². The average Bonchev–Trinajstić information content (AvgIpc) is 2.89. The molecule has 4 nitrogen and oxygen atoms in total. The molecule has 2 aromatic rings. The number of benzene rings is 1. The number of hydrogen-bond donors (Lipinski definition) is 1. The quantitative estimate of drug-likeness (QED) is 0.898. The van der Waals surface area contributed by atoms with E-state index in [1.807, 2.05) is 12.1 Å². The average molecular weight is 256 g/mol. The first-order valence-electron chi connectivity index (χ1n) is 6.52. The molecule has 0 aliphatic heterocycles. The van der Waals surface area contributed by atoms with Crippen molar-refractivity contribution in [1.29, 1.82) is 0 Å². The van der Waals surface area contributed by atoms with Crippen molar-refractivity contribution in [1.82, 2.24) is 9.55 Å². The van der Waals surface area contributed by atoms with Crippen LogP contribution in [0.3, 0.4) is 0 Å². The Morgan fingerprint density at radius 1 is 1.32 bits per heavy atom. The topological polar surface area (TPSA) is 55.1 Å². The molecule has 2 atom stereocenters. The second kappa shape index (κ2) is 4.53. The fraction of sp³-hybridized carbons (Fsp3) is 0.333. The van der Waals surface area contributed by atoms with Crippen molar-refractivity contribution < 1.29 is 9.90 Å². The minimum Gasteiger partial charge on any atom is -0.477 e. The highest BCUT2D eigenvalue weighted by molar-refractivity contribution is 5.85. The summed E-state index contributed by atoms with van der Waals surface area (Å²) in [4.78, 5) is 15.2. The van der Waals surface area contributed by atoms with Crippen LogP contribution < -0.4 is 0 Å². The molecule has 1 aliphatic rings. The first-order chi connectivity index (χ1) is 9.18. The molecule has 1 aromatic heterocycles. The van der Waals surface area contributed by atoms with E-state index in [0.717, 1.165) is 12.8 Å². The van der Waals surface area contributed by atoms with Gasteiger partial charge in [-0.2, -0.15) is 0 Å². The number of fused-ring (bicyclic) bond motifs is 1. The molecule has 0 spiro atoms. The number of carbonyl (C=O) groups is 1. The van der Waals surface area contributed by atoms with Crippen LogP contribution in [0.2, 0.25) is 0 Å². The molecule has 1 N–H and O–H groups in total. The Hall–Kier alpha value is -2.10. The Morgan fingerprint density at radius 3 is 2.79 bits per heavy atom. The van der Waals surface area contributed by atoms with E-state index in [0.29, 0.717) is 5.92 Å². The SMILES string of the molecule is CC1CCC(n2cncc2C(=O)O)c2ccccc21. The zero-order valence-corrected chi connectivity index (χ0v) is 10.8. The van der Waals surface area contributed by atoms with E-state index in [4.69, 9.17) is 0 Å². The van der Waals surface area contributed by atoms with Crippen molar-refractivity contribution in [3.63, 3.8) is 0 Å². The number of rotatable bonds is 2. The van der Waals surface area contributed by atoms with E-state index in [-0.39, 0.29) is 11.7 Å². The van der Waals surface area contributed by atoms with Crippen molar-refractivity contribution in [2.75, 3.05) is 0 Å². The van der Waals surface area contributed by atoms with Crippen molar-refractivity contribution in [3.05, 3.63) is 53.6 Å². The van der Waals surface area contributed by atoms with E-state index < -0.39 is 5.97 Å². The van der Waals surface area contributed by atoms with E-state index >= 15 is 0 Å². The number of carboxylic acids is 1. The van der Waals surface area contributed by atoms with Gasteiger partial charge < -0.3 is 9.67 Å². The lowest BCUT2D eigenvalue weighted by molar-refractivity contribution is 0.0683. The maximum absolute atomic E-state index is 11.2. The lowest BCUT2D eigenvalue weighted by Gasteiger charge is -2.31. The first-order valence-corrected chi connectivity index (χ1v) is 6.52. The molecule has 1 heterocycles. The Balaban J connectivity index is 2.10. The van der Waals surface area contributed by atoms with Gasteiger partial charge in [0.15, 0.2) is 0 Å². The summed E-state index contributed by atoms with van der Waals surface area (Å²) >= 11 is 0. The molecular formula is C15H16N2O2. The van der Waals surface area contributed by atoms with Gasteiger partial charge in [-0.3, -0.25) is 0 Å². The highest BCUT2D eigenvalue weighted by Crippen LogP contribution is 2.39. The van der Waals surface area contributed by atoms with Crippen LogP contribution in [0.25, 0.3) is 0 Å². The highest BCUT2D eigenvalue weighted by atomic mass is 16.4. The van der Waals surface area contributed by atoms with Gasteiger partial charge in [-0.15, -0.1) is 0 Å². The van der Waals surface area contributed by atoms with Crippen LogP contribution in [0.4, 0.5) is 0 Å². The van der Waals surface area contributed by atoms with Gasteiger partial charge in [0.05, 0.1) is 18.6 Å². The monoisotopic (exact) mass is 256 g/mol. The molecule has 3 rings (SSSR count). The summed E-state index contributed by atoms with van der Waals surface area (Å²) in [6.07, 6.45) is 5.07. The molecule has 0 saturated heterocycles. The molecule has 98 valence electrons. The number of hydrogen-bond acceptors (Lipinski definition) is 2. The minimum atomic E-state index is -0.923. The van der Waals surface area contributed by atoms with Crippen LogP contribution in [-0.2, 0) is 0 Å². The van der Waals surface area contributed by atoms with Crippen molar-refractivity contribution in [2.24, 2.45) is 0 Å². The minimum absolute atomic E-state index is 0.0843. The number of imidazole rings is 1. The molecule has 0 bridgehead atoms. The Kier molecular flexibility index (Phi) is 2.85. The lowest BCUT2D eigenvalue weighted by Crippen LogP contribution is -2.21. The summed E-state index contributed by atoms with van der Waals surface area (Å²) in [5.74, 6) is -0.391. The van der Waals surface area contributed by atoms with Gasteiger partial charge in [0.1, 0.15) is 5.69 Å². The third-order valence-corrected chi connectivity index (χ3v) is 3.98. The predicted molar refractivity (Wildman–Crippen MR) is 71.4 cm³/mol. The van der Waals surface area contributed by atoms with Gasteiger partial charge in [-0.05, 0) is 29.9 Å². The molecular weight excluding hydrogens is 240 g/mol. The Morgan fingerprint density at radius 2 is 2.05 bits per heavy atom. The fourth-order valence-corrected chi connectivity index (χ4v) is 2.99. The number of aromatic carboxylic acids is 1. The third kappa shape index (κ3) is 1.93. The number of nitrogens with zero attached hydrogens (tertiary/aromatic N) is 2. The predicted octanol–water partition coefficient (Wildman–Crippen LogP) is 3.07.